The van der Waals surface area contributed by atoms with Crippen LogP contribution in [0.15, 0.2) is 60.9 Å². The SMILES string of the molecule is CN1Cc2ccc(Cl)cc2CC1CN1CCN(c2ccc(C(N)=O)c(Oc3cnc4[nH]ccc4c3)c2)CC1. The molecule has 1 atom stereocenters. The van der Waals surface area contributed by atoms with Gasteiger partial charge in [0.05, 0.1) is 11.8 Å². The number of nitrogens with one attached hydrogen (secondary N) is 1. The molecular formula is C29H31ClN6O2. The second-order valence-corrected chi connectivity index (χ2v) is 10.6. The monoisotopic (exact) mass is 530 g/mol. The van der Waals surface area contributed by atoms with E-state index < -0.39 is 5.91 Å². The maximum absolute atomic E-state index is 12.1. The molecule has 2 aliphatic rings. The summed E-state index contributed by atoms with van der Waals surface area (Å²) in [5.41, 5.74) is 10.5. The van der Waals surface area contributed by atoms with Crippen molar-refractivity contribution < 1.29 is 9.53 Å². The molecule has 9 heteroatoms. The van der Waals surface area contributed by atoms with Crippen molar-refractivity contribution >= 4 is 34.2 Å². The second kappa shape index (κ2) is 10.3. The number of pyridine rings is 1. The molecule has 1 amide bonds. The Kier molecular flexibility index (Phi) is 6.69. The summed E-state index contributed by atoms with van der Waals surface area (Å²) in [4.78, 5) is 26.9. The number of nitrogens with zero attached hydrogens (tertiary/aromatic N) is 4. The number of nitrogens with two attached hydrogens (primary N) is 1. The highest BCUT2D eigenvalue weighted by Gasteiger charge is 2.27. The molecule has 2 aliphatic heterocycles. The molecule has 8 nitrogen and oxygen atoms in total. The van der Waals surface area contributed by atoms with Gasteiger partial charge in [-0.15, -0.1) is 0 Å². The van der Waals surface area contributed by atoms with Crippen LogP contribution in [0, 0.1) is 0 Å². The fraction of sp³-hybridized carbons (Fsp3) is 0.310. The summed E-state index contributed by atoms with van der Waals surface area (Å²) in [6, 6.07) is 16.2. The molecule has 1 unspecified atom stereocenters. The van der Waals surface area contributed by atoms with E-state index in [1.165, 1.54) is 11.1 Å². The number of likely N-dealkylation sites (N-methyl/N-ethyl adjacent to an activating group) is 1. The number of amides is 1. The number of primary amides is 1. The standard InChI is InChI=1S/C29H31ClN6O2/c1-34-17-20-2-3-22(30)12-21(20)13-24(34)18-35-8-10-36(11-9-35)23-4-5-26(28(31)37)27(15-23)38-25-14-19-6-7-32-29(19)33-16-25/h2-7,12,14-16,24H,8-11,13,17-18H2,1H3,(H2,31,37)(H,32,33). The minimum atomic E-state index is -0.522. The number of anilines is 1. The highest BCUT2D eigenvalue weighted by molar-refractivity contribution is 6.30. The summed E-state index contributed by atoms with van der Waals surface area (Å²) in [6.45, 7) is 5.71. The third-order valence-corrected chi connectivity index (χ3v) is 7.94. The van der Waals surface area contributed by atoms with E-state index in [4.69, 9.17) is 22.1 Å². The lowest BCUT2D eigenvalue weighted by Crippen LogP contribution is -2.52. The largest absolute Gasteiger partial charge is 0.455 e. The van der Waals surface area contributed by atoms with E-state index in [0.717, 1.165) is 67.4 Å². The number of hydrogen-bond donors (Lipinski definition) is 2. The van der Waals surface area contributed by atoms with E-state index in [1.807, 2.05) is 36.5 Å². The van der Waals surface area contributed by atoms with E-state index >= 15 is 0 Å². The lowest BCUT2D eigenvalue weighted by atomic mass is 9.94. The Hall–Kier alpha value is -3.59. The summed E-state index contributed by atoms with van der Waals surface area (Å²) in [7, 11) is 2.21. The Morgan fingerprint density at radius 3 is 2.76 bits per heavy atom. The van der Waals surface area contributed by atoms with Gasteiger partial charge >= 0.3 is 0 Å². The van der Waals surface area contributed by atoms with E-state index in [2.05, 4.69) is 43.8 Å². The molecule has 1 fully saturated rings. The van der Waals surface area contributed by atoms with E-state index in [-0.39, 0.29) is 0 Å². The Morgan fingerprint density at radius 2 is 1.95 bits per heavy atom. The van der Waals surface area contributed by atoms with Crippen molar-refractivity contribution in [3.63, 3.8) is 0 Å². The molecule has 4 aromatic rings. The third-order valence-electron chi connectivity index (χ3n) is 7.71. The zero-order chi connectivity index (χ0) is 26.2. The average Bonchev–Trinajstić information content (AvgIpc) is 3.38. The maximum Gasteiger partial charge on any atom is 0.252 e. The number of aromatic nitrogens is 2. The quantitative estimate of drug-likeness (QED) is 0.386. The van der Waals surface area contributed by atoms with E-state index in [1.54, 1.807) is 12.3 Å². The summed E-state index contributed by atoms with van der Waals surface area (Å²) in [6.07, 6.45) is 4.49. The average molecular weight is 531 g/mol. The van der Waals surface area contributed by atoms with Crippen molar-refractivity contribution in [2.24, 2.45) is 5.73 Å². The zero-order valence-corrected chi connectivity index (χ0v) is 22.1. The van der Waals surface area contributed by atoms with Crippen molar-refractivity contribution in [2.45, 2.75) is 19.0 Å². The molecule has 6 rings (SSSR count). The number of carbonyl (C=O) groups is 1. The molecule has 0 spiro atoms. The Morgan fingerprint density at radius 1 is 1.11 bits per heavy atom. The fourth-order valence-corrected chi connectivity index (χ4v) is 5.73. The van der Waals surface area contributed by atoms with Gasteiger partial charge in [-0.2, -0.15) is 0 Å². The molecule has 2 aromatic carbocycles. The predicted molar refractivity (Wildman–Crippen MR) is 150 cm³/mol. The van der Waals surface area contributed by atoms with Crippen LogP contribution in [-0.2, 0) is 13.0 Å². The van der Waals surface area contributed by atoms with Gasteiger partial charge in [-0.25, -0.2) is 4.98 Å². The summed E-state index contributed by atoms with van der Waals surface area (Å²) >= 11 is 6.26. The van der Waals surface area contributed by atoms with Gasteiger partial charge in [0.1, 0.15) is 17.1 Å². The predicted octanol–water partition coefficient (Wildman–Crippen LogP) is 4.29. The van der Waals surface area contributed by atoms with Crippen molar-refractivity contribution in [3.8, 4) is 11.5 Å². The number of benzene rings is 2. The number of piperazine rings is 1. The number of halogens is 1. The normalized spacial score (nSPS) is 18.5. The van der Waals surface area contributed by atoms with Gasteiger partial charge in [0, 0.05) is 73.7 Å². The first-order valence-electron chi connectivity index (χ1n) is 12.9. The number of H-pyrrole nitrogens is 1. The van der Waals surface area contributed by atoms with Crippen LogP contribution in [0.4, 0.5) is 5.69 Å². The van der Waals surface area contributed by atoms with Crippen LogP contribution in [0.2, 0.25) is 5.02 Å². The smallest absolute Gasteiger partial charge is 0.252 e. The van der Waals surface area contributed by atoms with Crippen LogP contribution in [0.25, 0.3) is 11.0 Å². The zero-order valence-electron chi connectivity index (χ0n) is 21.4. The van der Waals surface area contributed by atoms with Crippen molar-refractivity contribution in [2.75, 3.05) is 44.7 Å². The molecular weight excluding hydrogens is 500 g/mol. The number of fused-ring (bicyclic) bond motifs is 2. The first kappa shape index (κ1) is 24.7. The summed E-state index contributed by atoms with van der Waals surface area (Å²) in [5.74, 6) is 0.475. The molecule has 38 heavy (non-hydrogen) atoms. The topological polar surface area (TPSA) is 90.7 Å². The minimum absolute atomic E-state index is 0.349. The number of carbonyl (C=O) groups excluding carboxylic acids is 1. The fourth-order valence-electron chi connectivity index (χ4n) is 5.53. The van der Waals surface area contributed by atoms with Crippen LogP contribution in [0.3, 0.4) is 0 Å². The van der Waals surface area contributed by atoms with Crippen LogP contribution < -0.4 is 15.4 Å². The molecule has 0 bridgehead atoms. The molecule has 0 aliphatic carbocycles. The molecule has 196 valence electrons. The van der Waals surface area contributed by atoms with Gasteiger partial charge < -0.3 is 20.4 Å². The number of rotatable bonds is 6. The second-order valence-electron chi connectivity index (χ2n) is 10.2. The van der Waals surface area contributed by atoms with Crippen LogP contribution in [0.1, 0.15) is 21.5 Å². The molecule has 4 heterocycles. The summed E-state index contributed by atoms with van der Waals surface area (Å²) < 4.78 is 6.12. The highest BCUT2D eigenvalue weighted by atomic mass is 35.5. The molecule has 1 saturated heterocycles. The van der Waals surface area contributed by atoms with Crippen molar-refractivity contribution in [1.82, 2.24) is 19.8 Å². The van der Waals surface area contributed by atoms with Gasteiger partial charge in [-0.05, 0) is 61.0 Å². The lowest BCUT2D eigenvalue weighted by molar-refractivity contribution is 0.0998. The third kappa shape index (κ3) is 5.07. The number of ether oxygens (including phenoxy) is 1. The van der Waals surface area contributed by atoms with Gasteiger partial charge in [0.2, 0.25) is 0 Å². The first-order chi connectivity index (χ1) is 18.4. The molecule has 0 radical (unpaired) electrons. The number of hydrogen-bond acceptors (Lipinski definition) is 6. The van der Waals surface area contributed by atoms with E-state index in [9.17, 15) is 4.79 Å². The lowest BCUT2D eigenvalue weighted by Gasteiger charge is -2.41. The Balaban J connectivity index is 1.12. The van der Waals surface area contributed by atoms with Gasteiger partial charge in [-0.3, -0.25) is 14.6 Å². The Labute approximate surface area is 226 Å². The summed E-state index contributed by atoms with van der Waals surface area (Å²) in [5, 5.41) is 1.75. The van der Waals surface area contributed by atoms with E-state index in [0.29, 0.717) is 23.1 Å². The number of aromatic amines is 1. The van der Waals surface area contributed by atoms with Gasteiger partial charge in [0.15, 0.2) is 0 Å². The molecule has 3 N–H and O–H groups in total. The van der Waals surface area contributed by atoms with Crippen LogP contribution in [-0.4, -0.2) is 71.5 Å². The van der Waals surface area contributed by atoms with Crippen molar-refractivity contribution in [1.29, 1.82) is 0 Å². The van der Waals surface area contributed by atoms with Crippen LogP contribution >= 0.6 is 11.6 Å². The van der Waals surface area contributed by atoms with Crippen LogP contribution in [0.5, 0.6) is 11.5 Å². The highest BCUT2D eigenvalue weighted by Crippen LogP contribution is 2.32. The minimum Gasteiger partial charge on any atom is -0.455 e. The first-order valence-corrected chi connectivity index (χ1v) is 13.3. The van der Waals surface area contributed by atoms with Gasteiger partial charge in [-0.1, -0.05) is 17.7 Å². The molecule has 0 saturated carbocycles. The van der Waals surface area contributed by atoms with Crippen molar-refractivity contribution in [3.05, 3.63) is 82.6 Å². The maximum atomic E-state index is 12.1. The Bertz CT molecular complexity index is 1480. The molecule has 2 aromatic heterocycles. The van der Waals surface area contributed by atoms with Gasteiger partial charge in [0.25, 0.3) is 5.91 Å².